The van der Waals surface area contributed by atoms with Gasteiger partial charge in [0.25, 0.3) is 11.5 Å². The molecule has 2 aromatic rings. The number of halogens is 1. The molecular formula is C21H26FN5O4S. The third-order valence-corrected chi connectivity index (χ3v) is 7.44. The number of fused-ring (bicyclic) bond motifs is 1. The monoisotopic (exact) mass is 463 g/mol. The maximum Gasteiger partial charge on any atom is 0.296 e. The predicted molar refractivity (Wildman–Crippen MR) is 116 cm³/mol. The number of nitrogens with one attached hydrogen (secondary N) is 1. The molecule has 172 valence electrons. The molecule has 1 saturated heterocycles. The summed E-state index contributed by atoms with van der Waals surface area (Å²) in [5.41, 5.74) is -0.393. The summed E-state index contributed by atoms with van der Waals surface area (Å²) in [6.07, 6.45) is 3.27. The maximum absolute atomic E-state index is 13.1. The van der Waals surface area contributed by atoms with Crippen molar-refractivity contribution in [3.05, 3.63) is 57.5 Å². The number of carbonyl (C=O) groups excluding carboxylic acids is 1. The molecule has 2 aliphatic rings. The van der Waals surface area contributed by atoms with E-state index in [1.807, 2.05) is 4.31 Å². The van der Waals surface area contributed by atoms with E-state index in [1.54, 1.807) is 11.4 Å². The van der Waals surface area contributed by atoms with Crippen LogP contribution in [0.5, 0.6) is 5.75 Å². The number of nitrogens with zero attached hydrogens (tertiary/aromatic N) is 4. The summed E-state index contributed by atoms with van der Waals surface area (Å²) >= 11 is -1.39. The lowest BCUT2D eigenvalue weighted by Crippen LogP contribution is -2.42. The highest BCUT2D eigenvalue weighted by Gasteiger charge is 2.34. The third kappa shape index (κ3) is 4.45. The number of aromatic nitrogens is 2. The Morgan fingerprint density at radius 1 is 1.25 bits per heavy atom. The highest BCUT2D eigenvalue weighted by Crippen LogP contribution is 2.31. The summed E-state index contributed by atoms with van der Waals surface area (Å²) < 4.78 is 31.0. The van der Waals surface area contributed by atoms with Gasteiger partial charge in [-0.05, 0) is 43.4 Å². The smallest absolute Gasteiger partial charge is 0.296 e. The first-order valence-corrected chi connectivity index (χ1v) is 11.7. The summed E-state index contributed by atoms with van der Waals surface area (Å²) in [6, 6.07) is 5.20. The molecule has 0 aliphatic carbocycles. The topological polar surface area (TPSA) is 108 Å². The lowest BCUT2D eigenvalue weighted by atomic mass is 10.1. The lowest BCUT2D eigenvalue weighted by Gasteiger charge is -2.33. The van der Waals surface area contributed by atoms with Crippen LogP contribution in [0.1, 0.15) is 53.6 Å². The minimum Gasteiger partial charge on any atom is -0.501 e. The SMILES string of the molecule is CN(C1CCCn2c1nc(C(=O)NCc1ccc(F)cc1)c(O)c2=O)S(=O)N1CCCC1. The molecule has 4 rings (SSSR count). The molecule has 1 aromatic carbocycles. The van der Waals surface area contributed by atoms with Gasteiger partial charge in [0.2, 0.25) is 5.75 Å². The summed E-state index contributed by atoms with van der Waals surface area (Å²) in [5, 5.41) is 13.0. The van der Waals surface area contributed by atoms with Crippen molar-refractivity contribution in [3.8, 4) is 5.75 Å². The molecule has 3 heterocycles. The van der Waals surface area contributed by atoms with Gasteiger partial charge in [-0.15, -0.1) is 0 Å². The second-order valence-electron chi connectivity index (χ2n) is 8.00. The fraction of sp³-hybridized carbons (Fsp3) is 0.476. The number of carbonyl (C=O) groups is 1. The van der Waals surface area contributed by atoms with Crippen molar-refractivity contribution in [2.75, 3.05) is 20.1 Å². The van der Waals surface area contributed by atoms with Crippen LogP contribution in [0.2, 0.25) is 0 Å². The first-order valence-electron chi connectivity index (χ1n) is 10.6. The normalized spacial score (nSPS) is 19.7. The fourth-order valence-electron chi connectivity index (χ4n) is 4.11. The summed E-state index contributed by atoms with van der Waals surface area (Å²) in [4.78, 5) is 29.9. The van der Waals surface area contributed by atoms with Gasteiger partial charge >= 0.3 is 0 Å². The molecule has 0 radical (unpaired) electrons. The number of benzene rings is 1. The van der Waals surface area contributed by atoms with Crippen molar-refractivity contribution < 1.29 is 18.5 Å². The lowest BCUT2D eigenvalue weighted by molar-refractivity contribution is 0.0940. The quantitative estimate of drug-likeness (QED) is 0.675. The Balaban J connectivity index is 1.59. The molecule has 2 N–H and O–H groups in total. The number of amides is 1. The Labute approximate surface area is 187 Å². The van der Waals surface area contributed by atoms with Crippen LogP contribution in [-0.4, -0.2) is 53.5 Å². The Morgan fingerprint density at radius 2 is 1.94 bits per heavy atom. The van der Waals surface area contributed by atoms with Gasteiger partial charge in [0.15, 0.2) is 16.9 Å². The number of rotatable bonds is 6. The predicted octanol–water partition coefficient (Wildman–Crippen LogP) is 1.46. The molecular weight excluding hydrogens is 437 g/mol. The number of hydrogen-bond acceptors (Lipinski definition) is 5. The first kappa shape index (κ1) is 22.6. The fourth-order valence-corrected chi connectivity index (χ4v) is 5.46. The van der Waals surface area contributed by atoms with Gasteiger partial charge in [0, 0.05) is 33.2 Å². The third-order valence-electron chi connectivity index (χ3n) is 5.88. The molecule has 2 atom stereocenters. The highest BCUT2D eigenvalue weighted by atomic mass is 32.2. The van der Waals surface area contributed by atoms with Gasteiger partial charge in [0.1, 0.15) is 11.6 Å². The average molecular weight is 464 g/mol. The van der Waals surface area contributed by atoms with E-state index in [1.165, 1.54) is 28.8 Å². The van der Waals surface area contributed by atoms with Crippen molar-refractivity contribution in [1.29, 1.82) is 0 Å². The van der Waals surface area contributed by atoms with Crippen LogP contribution >= 0.6 is 0 Å². The summed E-state index contributed by atoms with van der Waals surface area (Å²) in [7, 11) is 1.72. The maximum atomic E-state index is 13.1. The first-order chi connectivity index (χ1) is 15.4. The van der Waals surface area contributed by atoms with Gasteiger partial charge in [-0.1, -0.05) is 12.1 Å². The molecule has 1 amide bonds. The second kappa shape index (κ2) is 9.47. The minimum atomic E-state index is -1.39. The zero-order chi connectivity index (χ0) is 22.8. The van der Waals surface area contributed by atoms with E-state index >= 15 is 0 Å². The Kier molecular flexibility index (Phi) is 6.68. The number of aromatic hydroxyl groups is 1. The Morgan fingerprint density at radius 3 is 2.62 bits per heavy atom. The van der Waals surface area contributed by atoms with Crippen LogP contribution in [0.25, 0.3) is 0 Å². The largest absolute Gasteiger partial charge is 0.501 e. The zero-order valence-corrected chi connectivity index (χ0v) is 18.6. The van der Waals surface area contributed by atoms with Crippen molar-refractivity contribution in [2.24, 2.45) is 0 Å². The number of hydrogen-bond donors (Lipinski definition) is 2. The minimum absolute atomic E-state index is 0.0843. The van der Waals surface area contributed by atoms with E-state index in [4.69, 9.17) is 0 Å². The van der Waals surface area contributed by atoms with Crippen LogP contribution in [0.15, 0.2) is 29.1 Å². The molecule has 9 nitrogen and oxygen atoms in total. The van der Waals surface area contributed by atoms with Crippen molar-refractivity contribution in [3.63, 3.8) is 0 Å². The van der Waals surface area contributed by atoms with Gasteiger partial charge in [0.05, 0.1) is 6.04 Å². The average Bonchev–Trinajstić information content (AvgIpc) is 3.34. The van der Waals surface area contributed by atoms with Crippen LogP contribution in [0.4, 0.5) is 4.39 Å². The van der Waals surface area contributed by atoms with E-state index in [0.29, 0.717) is 30.8 Å². The van der Waals surface area contributed by atoms with Crippen LogP contribution in [0.3, 0.4) is 0 Å². The van der Waals surface area contributed by atoms with E-state index in [2.05, 4.69) is 10.3 Å². The van der Waals surface area contributed by atoms with Crippen LogP contribution in [0, 0.1) is 5.82 Å². The molecule has 0 saturated carbocycles. The Bertz CT molecular complexity index is 1080. The highest BCUT2D eigenvalue weighted by molar-refractivity contribution is 7.80. The summed E-state index contributed by atoms with van der Waals surface area (Å²) in [6.45, 7) is 1.95. The van der Waals surface area contributed by atoms with Crippen molar-refractivity contribution >= 4 is 17.1 Å². The summed E-state index contributed by atoms with van der Waals surface area (Å²) in [5.74, 6) is -1.49. The van der Waals surface area contributed by atoms with Gasteiger partial charge in [-0.2, -0.15) is 0 Å². The molecule has 0 spiro atoms. The van der Waals surface area contributed by atoms with E-state index < -0.39 is 34.4 Å². The molecule has 2 unspecified atom stereocenters. The van der Waals surface area contributed by atoms with Gasteiger partial charge in [-0.3, -0.25) is 14.2 Å². The molecule has 11 heteroatoms. The Hall–Kier alpha value is -2.63. The van der Waals surface area contributed by atoms with Crippen molar-refractivity contribution in [1.82, 2.24) is 23.5 Å². The van der Waals surface area contributed by atoms with Crippen LogP contribution in [-0.2, 0) is 24.3 Å². The molecule has 32 heavy (non-hydrogen) atoms. The molecule has 1 aromatic heterocycles. The molecule has 0 bridgehead atoms. The van der Waals surface area contributed by atoms with Gasteiger partial charge < -0.3 is 10.4 Å². The van der Waals surface area contributed by atoms with E-state index in [9.17, 15) is 23.3 Å². The molecule has 1 fully saturated rings. The van der Waals surface area contributed by atoms with Crippen molar-refractivity contribution in [2.45, 2.75) is 44.8 Å². The van der Waals surface area contributed by atoms with Gasteiger partial charge in [-0.25, -0.2) is 22.2 Å². The zero-order valence-electron chi connectivity index (χ0n) is 17.8. The van der Waals surface area contributed by atoms with E-state index in [-0.39, 0.29) is 18.1 Å². The van der Waals surface area contributed by atoms with Crippen LogP contribution < -0.4 is 10.9 Å². The standard InChI is InChI=1S/C21H26FN5O4S/c1-25(32(31)26-10-2-3-11-26)16-5-4-12-27-19(16)24-17(18(28)21(27)30)20(29)23-13-14-6-8-15(22)9-7-14/h6-9,16,28H,2-5,10-13H2,1H3,(H,23,29). The molecule has 2 aliphatic heterocycles. The second-order valence-corrected chi connectivity index (χ2v) is 9.56. The van der Waals surface area contributed by atoms with E-state index in [0.717, 1.165) is 25.9 Å².